The molecular formula is HBNa2O3V. The van der Waals surface area contributed by atoms with Crippen molar-refractivity contribution in [3.05, 3.63) is 0 Å². The van der Waals surface area contributed by atoms with Crippen LogP contribution in [0.3, 0.4) is 0 Å². The van der Waals surface area contributed by atoms with E-state index < -0.39 is 7.32 Å². The Morgan fingerprint density at radius 3 is 1.14 bits per heavy atom. The molecule has 0 saturated heterocycles. The Morgan fingerprint density at radius 2 is 1.14 bits per heavy atom. The zero-order valence-electron chi connectivity index (χ0n) is 4.29. The van der Waals surface area contributed by atoms with Gasteiger partial charge in [-0.2, -0.15) is 0 Å². The summed E-state index contributed by atoms with van der Waals surface area (Å²) in [5.74, 6) is 0. The summed E-state index contributed by atoms with van der Waals surface area (Å²) in [6.07, 6.45) is 0. The summed E-state index contributed by atoms with van der Waals surface area (Å²) in [6.45, 7) is 0. The van der Waals surface area contributed by atoms with Gasteiger partial charge in [-0.25, -0.2) is 0 Å². The van der Waals surface area contributed by atoms with Crippen molar-refractivity contribution in [2.24, 2.45) is 0 Å². The minimum absolute atomic E-state index is 0. The maximum atomic E-state index is 8.53. The fourth-order valence-electron chi connectivity index (χ4n) is 0. The van der Waals surface area contributed by atoms with Crippen LogP contribution in [-0.4, -0.2) is 12.3 Å². The molecule has 0 fully saturated rings. The molecule has 0 rings (SSSR count). The van der Waals surface area contributed by atoms with Gasteiger partial charge in [-0.3, -0.25) is 0 Å². The molecule has 29 valence electrons. The first-order valence-corrected chi connectivity index (χ1v) is 0.730. The van der Waals surface area contributed by atoms with Crippen LogP contribution in [-0.2, 0) is 18.6 Å². The molecule has 0 amide bonds. The summed E-state index contributed by atoms with van der Waals surface area (Å²) in [7, 11) is -2.67. The van der Waals surface area contributed by atoms with Gasteiger partial charge >= 0.3 is 59.1 Å². The number of rotatable bonds is 0. The van der Waals surface area contributed by atoms with Crippen molar-refractivity contribution in [2.45, 2.75) is 0 Å². The fraction of sp³-hybridized carbons (Fsp3) is 0. The van der Waals surface area contributed by atoms with Gasteiger partial charge in [-0.1, -0.05) is 0 Å². The molecule has 7 heteroatoms. The monoisotopic (exact) mass is 157 g/mol. The number of hydrogen-bond acceptors (Lipinski definition) is 3. The first kappa shape index (κ1) is 22.7. The predicted molar refractivity (Wildman–Crippen MR) is 7.97 cm³/mol. The molecule has 0 bridgehead atoms. The van der Waals surface area contributed by atoms with Crippen LogP contribution >= 0.6 is 0 Å². The average molecular weight is 157 g/mol. The molecule has 0 heterocycles. The Kier molecular flexibility index (Phi) is 51.2. The fourth-order valence-corrected chi connectivity index (χ4v) is 0. The van der Waals surface area contributed by atoms with E-state index in [0.717, 1.165) is 0 Å². The van der Waals surface area contributed by atoms with Crippen molar-refractivity contribution < 1.29 is 92.7 Å². The molecule has 1 radical (unpaired) electrons. The molecule has 0 aliphatic rings. The van der Waals surface area contributed by atoms with Crippen molar-refractivity contribution in [3.63, 3.8) is 0 Å². The van der Waals surface area contributed by atoms with Crippen LogP contribution in [0.1, 0.15) is 0 Å². The van der Waals surface area contributed by atoms with Gasteiger partial charge in [0.15, 0.2) is 0 Å². The second-order valence-electron chi connectivity index (χ2n) is 0.307. The largest absolute Gasteiger partial charge is 1.00 e. The quantitative estimate of drug-likeness (QED) is 0.355. The Labute approximate surface area is 98.5 Å². The van der Waals surface area contributed by atoms with Crippen LogP contribution in [0.5, 0.6) is 0 Å². The standard InChI is InChI=1S/BHO3.2Na.V/c2-1(3)4;;;/h2H;;;/q-2;2*+1;. The van der Waals surface area contributed by atoms with E-state index >= 15 is 0 Å². The minimum Gasteiger partial charge on any atom is -0.871 e. The second kappa shape index (κ2) is 15.8. The van der Waals surface area contributed by atoms with Crippen molar-refractivity contribution in [1.29, 1.82) is 0 Å². The molecule has 0 aliphatic heterocycles. The van der Waals surface area contributed by atoms with E-state index in [4.69, 9.17) is 15.1 Å². The molecule has 0 unspecified atom stereocenters. The van der Waals surface area contributed by atoms with E-state index in [9.17, 15) is 0 Å². The molecule has 0 aliphatic carbocycles. The zero-order chi connectivity index (χ0) is 3.58. The normalized spacial score (nSPS) is 3.86. The average Bonchev–Trinajstić information content (AvgIpc) is 0.811. The van der Waals surface area contributed by atoms with E-state index in [-0.39, 0.29) is 77.7 Å². The Hall–Kier alpha value is 2.53. The maximum absolute atomic E-state index is 8.53. The first-order valence-electron chi connectivity index (χ1n) is 0.730. The van der Waals surface area contributed by atoms with Gasteiger partial charge in [-0.05, 0) is 0 Å². The molecule has 3 nitrogen and oxygen atoms in total. The van der Waals surface area contributed by atoms with Crippen molar-refractivity contribution in [3.8, 4) is 0 Å². The van der Waals surface area contributed by atoms with E-state index in [1.54, 1.807) is 0 Å². The predicted octanol–water partition coefficient (Wildman–Crippen LogP) is -9.31. The van der Waals surface area contributed by atoms with Gasteiger partial charge in [0.2, 0.25) is 0 Å². The summed E-state index contributed by atoms with van der Waals surface area (Å²) in [6, 6.07) is 0. The summed E-state index contributed by atoms with van der Waals surface area (Å²) in [5.41, 5.74) is 0. The van der Waals surface area contributed by atoms with Crippen LogP contribution in [0.2, 0.25) is 0 Å². The zero-order valence-corrected chi connectivity index (χ0v) is 9.68. The molecule has 0 saturated carbocycles. The third-order valence-electron chi connectivity index (χ3n) is 0. The van der Waals surface area contributed by atoms with Crippen LogP contribution in [0.15, 0.2) is 0 Å². The molecule has 0 spiro atoms. The van der Waals surface area contributed by atoms with Crippen LogP contribution in [0.25, 0.3) is 0 Å². The van der Waals surface area contributed by atoms with E-state index in [1.165, 1.54) is 0 Å². The minimum atomic E-state index is -2.67. The van der Waals surface area contributed by atoms with Crippen molar-refractivity contribution in [1.82, 2.24) is 0 Å². The molecule has 0 aromatic heterocycles. The van der Waals surface area contributed by atoms with Crippen LogP contribution in [0, 0.1) is 0 Å². The molecule has 7 heavy (non-hydrogen) atoms. The van der Waals surface area contributed by atoms with Gasteiger partial charge in [0.05, 0.1) is 7.32 Å². The summed E-state index contributed by atoms with van der Waals surface area (Å²) >= 11 is 0. The third-order valence-corrected chi connectivity index (χ3v) is 0. The van der Waals surface area contributed by atoms with Crippen molar-refractivity contribution in [2.75, 3.05) is 0 Å². The summed E-state index contributed by atoms with van der Waals surface area (Å²) < 4.78 is 0. The SMILES string of the molecule is [Na+].[Na+].[O-]B([O-])O.[V]. The molecule has 0 atom stereocenters. The van der Waals surface area contributed by atoms with E-state index in [1.807, 2.05) is 0 Å². The third kappa shape index (κ3) is 56.8. The topological polar surface area (TPSA) is 66.3 Å². The van der Waals surface area contributed by atoms with Gasteiger partial charge in [0.1, 0.15) is 0 Å². The molecular weight excluding hydrogens is 156 g/mol. The molecule has 0 aromatic carbocycles. The van der Waals surface area contributed by atoms with E-state index in [0.29, 0.717) is 0 Å². The van der Waals surface area contributed by atoms with Crippen LogP contribution in [0.4, 0.5) is 0 Å². The van der Waals surface area contributed by atoms with Crippen LogP contribution < -0.4 is 69.2 Å². The Balaban J connectivity index is -0.0000000150. The van der Waals surface area contributed by atoms with Gasteiger partial charge in [0, 0.05) is 18.6 Å². The second-order valence-corrected chi connectivity index (χ2v) is 0.307. The van der Waals surface area contributed by atoms with Crippen molar-refractivity contribution >= 4 is 7.32 Å². The molecule has 1 N–H and O–H groups in total. The summed E-state index contributed by atoms with van der Waals surface area (Å²) in [4.78, 5) is 0. The number of hydrogen-bond donors (Lipinski definition) is 1. The summed E-state index contributed by atoms with van der Waals surface area (Å²) in [5, 5.41) is 24.0. The molecule has 0 aromatic rings. The van der Waals surface area contributed by atoms with Gasteiger partial charge in [0.25, 0.3) is 0 Å². The van der Waals surface area contributed by atoms with Gasteiger partial charge in [-0.15, -0.1) is 0 Å². The van der Waals surface area contributed by atoms with Gasteiger partial charge < -0.3 is 15.1 Å². The smallest absolute Gasteiger partial charge is 0.871 e. The Bertz CT molecular complexity index is 17.7. The first-order chi connectivity index (χ1) is 1.73. The maximum Gasteiger partial charge on any atom is 1.00 e. The Morgan fingerprint density at radius 1 is 1.14 bits per heavy atom. The van der Waals surface area contributed by atoms with E-state index in [2.05, 4.69) is 0 Å².